The number of thioether (sulfide) groups is 2. The minimum atomic E-state index is -0.711. The highest BCUT2D eigenvalue weighted by Gasteiger charge is 2.07. The first-order chi connectivity index (χ1) is 16.1. The molecule has 0 amide bonds. The number of hydrogen-bond acceptors (Lipinski definition) is 4. The molecule has 0 aliphatic rings. The standard InChI is InChI=1S/C27H48O4S2/c1-2-3-4-5-6-7-8-9-10-11-12-17-22-27(32-23-18-13-15-20-25(28)29)33-24-19-14-16-21-26(30)31/h27H,2-16,18-21,23-24H2,1H3,(H,28,29)(H,30,31). The number of aliphatic carboxylic acids is 2. The van der Waals surface area contributed by atoms with E-state index in [1.807, 2.05) is 23.5 Å². The van der Waals surface area contributed by atoms with E-state index in [0.717, 1.165) is 56.5 Å². The molecular formula is C27H48O4S2. The summed E-state index contributed by atoms with van der Waals surface area (Å²) in [6, 6.07) is 0. The maximum absolute atomic E-state index is 10.6. The van der Waals surface area contributed by atoms with E-state index in [0.29, 0.717) is 0 Å². The minimum Gasteiger partial charge on any atom is -0.481 e. The van der Waals surface area contributed by atoms with Crippen LogP contribution in [-0.4, -0.2) is 38.2 Å². The molecule has 0 radical (unpaired) electrons. The van der Waals surface area contributed by atoms with Gasteiger partial charge in [0.2, 0.25) is 0 Å². The second-order valence-corrected chi connectivity index (χ2v) is 11.5. The van der Waals surface area contributed by atoms with Crippen LogP contribution in [0.15, 0.2) is 0 Å². The van der Waals surface area contributed by atoms with Gasteiger partial charge in [0.15, 0.2) is 0 Å². The first-order valence-electron chi connectivity index (χ1n) is 13.2. The number of carbonyl (C=O) groups is 2. The molecule has 0 saturated heterocycles. The number of carboxylic acids is 2. The largest absolute Gasteiger partial charge is 0.481 e. The SMILES string of the molecule is CCCCCCCCCCCCC#CC(SCCCCCC(=O)O)SCCCCCC(=O)O. The van der Waals surface area contributed by atoms with Gasteiger partial charge in [0.05, 0.1) is 0 Å². The summed E-state index contributed by atoms with van der Waals surface area (Å²) in [4.78, 5) is 21.2. The summed E-state index contributed by atoms with van der Waals surface area (Å²) in [5.41, 5.74) is 0. The molecule has 0 atom stereocenters. The molecule has 0 bridgehead atoms. The van der Waals surface area contributed by atoms with Gasteiger partial charge in [0.25, 0.3) is 0 Å². The predicted molar refractivity (Wildman–Crippen MR) is 145 cm³/mol. The molecule has 0 aromatic rings. The Morgan fingerprint density at radius 2 is 1.06 bits per heavy atom. The Hall–Kier alpha value is -0.800. The van der Waals surface area contributed by atoms with Crippen LogP contribution in [0.2, 0.25) is 0 Å². The summed E-state index contributed by atoms with van der Waals surface area (Å²) >= 11 is 3.76. The maximum Gasteiger partial charge on any atom is 0.303 e. The molecule has 6 heteroatoms. The van der Waals surface area contributed by atoms with Gasteiger partial charge in [-0.2, -0.15) is 0 Å². The zero-order valence-corrected chi connectivity index (χ0v) is 22.6. The lowest BCUT2D eigenvalue weighted by Crippen LogP contribution is -1.99. The molecule has 0 unspecified atom stereocenters. The van der Waals surface area contributed by atoms with Crippen LogP contribution in [0.3, 0.4) is 0 Å². The molecular weight excluding hydrogens is 452 g/mol. The highest BCUT2D eigenvalue weighted by molar-refractivity contribution is 8.17. The van der Waals surface area contributed by atoms with Crippen molar-refractivity contribution in [2.75, 3.05) is 11.5 Å². The van der Waals surface area contributed by atoms with Crippen LogP contribution in [0.1, 0.15) is 129 Å². The average molecular weight is 501 g/mol. The molecule has 0 aliphatic carbocycles. The van der Waals surface area contributed by atoms with Crippen molar-refractivity contribution in [1.82, 2.24) is 0 Å². The third kappa shape index (κ3) is 27.3. The van der Waals surface area contributed by atoms with Crippen LogP contribution in [0, 0.1) is 11.8 Å². The molecule has 33 heavy (non-hydrogen) atoms. The Bertz CT molecular complexity index is 502. The summed E-state index contributed by atoms with van der Waals surface area (Å²) < 4.78 is 0.270. The zero-order chi connectivity index (χ0) is 24.4. The van der Waals surface area contributed by atoms with Gasteiger partial charge in [0.1, 0.15) is 4.58 Å². The van der Waals surface area contributed by atoms with E-state index in [9.17, 15) is 9.59 Å². The van der Waals surface area contributed by atoms with Crippen LogP contribution in [0.25, 0.3) is 0 Å². The average Bonchev–Trinajstić information content (AvgIpc) is 2.78. The molecule has 0 heterocycles. The van der Waals surface area contributed by atoms with Gasteiger partial charge in [0, 0.05) is 19.3 Å². The van der Waals surface area contributed by atoms with Crippen molar-refractivity contribution in [2.45, 2.75) is 134 Å². The van der Waals surface area contributed by atoms with Crippen LogP contribution >= 0.6 is 23.5 Å². The maximum atomic E-state index is 10.6. The molecule has 0 rings (SSSR count). The zero-order valence-electron chi connectivity index (χ0n) is 21.0. The summed E-state index contributed by atoms with van der Waals surface area (Å²) in [6.45, 7) is 2.26. The van der Waals surface area contributed by atoms with Gasteiger partial charge in [-0.3, -0.25) is 9.59 Å². The Morgan fingerprint density at radius 1 is 0.636 bits per heavy atom. The lowest BCUT2D eigenvalue weighted by Gasteiger charge is -2.10. The Labute approximate surface area is 211 Å². The van der Waals surface area contributed by atoms with Crippen molar-refractivity contribution >= 4 is 35.5 Å². The smallest absolute Gasteiger partial charge is 0.303 e. The minimum absolute atomic E-state index is 0.262. The number of hydrogen-bond donors (Lipinski definition) is 2. The molecule has 0 fully saturated rings. The van der Waals surface area contributed by atoms with Crippen LogP contribution < -0.4 is 0 Å². The normalized spacial score (nSPS) is 10.8. The highest BCUT2D eigenvalue weighted by Crippen LogP contribution is 2.26. The van der Waals surface area contributed by atoms with Crippen molar-refractivity contribution in [3.8, 4) is 11.8 Å². The van der Waals surface area contributed by atoms with Crippen molar-refractivity contribution < 1.29 is 19.8 Å². The van der Waals surface area contributed by atoms with E-state index < -0.39 is 11.9 Å². The third-order valence-corrected chi connectivity index (χ3v) is 8.19. The molecule has 0 spiro atoms. The lowest BCUT2D eigenvalue weighted by atomic mass is 10.1. The predicted octanol–water partition coefficient (Wildman–Crippen LogP) is 8.38. The van der Waals surface area contributed by atoms with Crippen LogP contribution in [0.4, 0.5) is 0 Å². The van der Waals surface area contributed by atoms with Crippen LogP contribution in [0.5, 0.6) is 0 Å². The van der Waals surface area contributed by atoms with Gasteiger partial charge in [-0.15, -0.1) is 29.4 Å². The molecule has 2 N–H and O–H groups in total. The quantitative estimate of drug-likeness (QED) is 0.0787. The number of rotatable bonds is 24. The molecule has 0 aromatic carbocycles. The Morgan fingerprint density at radius 3 is 1.52 bits per heavy atom. The summed E-state index contributed by atoms with van der Waals surface area (Å²) in [6.07, 6.45) is 20.4. The number of unbranched alkanes of at least 4 members (excludes halogenated alkanes) is 14. The topological polar surface area (TPSA) is 74.6 Å². The van der Waals surface area contributed by atoms with Crippen molar-refractivity contribution in [3.63, 3.8) is 0 Å². The van der Waals surface area contributed by atoms with E-state index in [2.05, 4.69) is 18.8 Å². The second-order valence-electron chi connectivity index (χ2n) is 8.74. The van der Waals surface area contributed by atoms with E-state index in [1.165, 1.54) is 64.2 Å². The molecule has 0 aromatic heterocycles. The van der Waals surface area contributed by atoms with E-state index >= 15 is 0 Å². The van der Waals surface area contributed by atoms with Crippen molar-refractivity contribution in [2.24, 2.45) is 0 Å². The first-order valence-corrected chi connectivity index (χ1v) is 15.3. The van der Waals surface area contributed by atoms with E-state index in [4.69, 9.17) is 10.2 Å². The molecule has 0 aliphatic heterocycles. The van der Waals surface area contributed by atoms with Crippen molar-refractivity contribution in [1.29, 1.82) is 0 Å². The Balaban J connectivity index is 3.99. The third-order valence-electron chi connectivity index (χ3n) is 5.48. The van der Waals surface area contributed by atoms with Gasteiger partial charge < -0.3 is 10.2 Å². The van der Waals surface area contributed by atoms with E-state index in [-0.39, 0.29) is 17.4 Å². The van der Waals surface area contributed by atoms with Crippen LogP contribution in [-0.2, 0) is 9.59 Å². The summed E-state index contributed by atoms with van der Waals surface area (Å²) in [5, 5.41) is 17.5. The van der Waals surface area contributed by atoms with E-state index in [1.54, 1.807) is 0 Å². The van der Waals surface area contributed by atoms with Gasteiger partial charge in [-0.1, -0.05) is 83.5 Å². The van der Waals surface area contributed by atoms with Gasteiger partial charge in [-0.25, -0.2) is 0 Å². The molecule has 192 valence electrons. The second kappa shape index (κ2) is 25.8. The fourth-order valence-electron chi connectivity index (χ4n) is 3.48. The summed E-state index contributed by atoms with van der Waals surface area (Å²) in [5.74, 6) is 7.47. The lowest BCUT2D eigenvalue weighted by molar-refractivity contribution is -0.138. The van der Waals surface area contributed by atoms with Gasteiger partial charge in [-0.05, 0) is 43.6 Å². The summed E-state index contributed by atoms with van der Waals surface area (Å²) in [7, 11) is 0. The fourth-order valence-corrected chi connectivity index (χ4v) is 5.94. The Kier molecular flexibility index (Phi) is 25.2. The number of carboxylic acid groups (broad SMARTS) is 2. The molecule has 0 saturated carbocycles. The molecule has 4 nitrogen and oxygen atoms in total. The van der Waals surface area contributed by atoms with Crippen molar-refractivity contribution in [3.05, 3.63) is 0 Å². The first kappa shape index (κ1) is 32.2. The van der Waals surface area contributed by atoms with Gasteiger partial charge >= 0.3 is 11.9 Å². The highest BCUT2D eigenvalue weighted by atomic mass is 32.2. The fraction of sp³-hybridized carbons (Fsp3) is 0.852. The monoisotopic (exact) mass is 500 g/mol.